The van der Waals surface area contributed by atoms with Crippen molar-refractivity contribution in [2.45, 2.75) is 0 Å². The van der Waals surface area contributed by atoms with Gasteiger partial charge in [0.1, 0.15) is 15.7 Å². The number of amides is 1. The van der Waals surface area contributed by atoms with Crippen LogP contribution < -0.4 is 5.32 Å². The van der Waals surface area contributed by atoms with Gasteiger partial charge in [-0.2, -0.15) is 4.39 Å². The number of rotatable bonds is 2. The van der Waals surface area contributed by atoms with Gasteiger partial charge in [-0.25, -0.2) is 4.98 Å². The minimum Gasteiger partial charge on any atom is -0.456 e. The number of pyridine rings is 2. The van der Waals surface area contributed by atoms with Crippen LogP contribution in [0, 0.1) is 5.95 Å². The summed E-state index contributed by atoms with van der Waals surface area (Å²) in [5.41, 5.74) is 1.83. The first-order chi connectivity index (χ1) is 11.6. The fourth-order valence-electron chi connectivity index (χ4n) is 2.38. The third kappa shape index (κ3) is 2.70. The van der Waals surface area contributed by atoms with E-state index in [2.05, 4.69) is 15.3 Å². The van der Waals surface area contributed by atoms with Crippen molar-refractivity contribution in [1.82, 2.24) is 15.3 Å². The number of nitrogens with one attached hydrogen (secondary N) is 1. The van der Waals surface area contributed by atoms with Gasteiger partial charge in [0.2, 0.25) is 5.95 Å². The highest BCUT2D eigenvalue weighted by Crippen LogP contribution is 2.32. The molecule has 0 spiro atoms. The van der Waals surface area contributed by atoms with Crippen molar-refractivity contribution in [3.8, 4) is 11.1 Å². The SMILES string of the molecule is O=C1NC(=S)SC1=Cc1cc2cncc(-c3ccnc(F)c3)c2o1. The first-order valence-corrected chi connectivity index (χ1v) is 8.07. The van der Waals surface area contributed by atoms with Crippen LogP contribution >= 0.6 is 24.0 Å². The van der Waals surface area contributed by atoms with Crippen molar-refractivity contribution in [1.29, 1.82) is 0 Å². The first-order valence-electron chi connectivity index (χ1n) is 6.84. The van der Waals surface area contributed by atoms with Gasteiger partial charge < -0.3 is 9.73 Å². The van der Waals surface area contributed by atoms with Crippen LogP contribution in [0.5, 0.6) is 0 Å². The second-order valence-corrected chi connectivity index (χ2v) is 6.69. The molecule has 4 heterocycles. The molecular weight excluding hydrogens is 349 g/mol. The third-order valence-electron chi connectivity index (χ3n) is 3.39. The summed E-state index contributed by atoms with van der Waals surface area (Å²) in [6, 6.07) is 4.76. The average Bonchev–Trinajstić information content (AvgIpc) is 3.09. The number of carbonyl (C=O) groups is 1. The maximum atomic E-state index is 13.4. The van der Waals surface area contributed by atoms with E-state index >= 15 is 0 Å². The molecule has 0 unspecified atom stereocenters. The van der Waals surface area contributed by atoms with Gasteiger partial charge in [-0.3, -0.25) is 9.78 Å². The van der Waals surface area contributed by atoms with E-state index in [-0.39, 0.29) is 5.91 Å². The smallest absolute Gasteiger partial charge is 0.263 e. The van der Waals surface area contributed by atoms with Gasteiger partial charge in [-0.15, -0.1) is 0 Å². The van der Waals surface area contributed by atoms with E-state index in [0.29, 0.717) is 31.7 Å². The van der Waals surface area contributed by atoms with Crippen molar-refractivity contribution in [2.24, 2.45) is 0 Å². The van der Waals surface area contributed by atoms with Gasteiger partial charge in [0, 0.05) is 41.7 Å². The number of aromatic nitrogens is 2. The van der Waals surface area contributed by atoms with Gasteiger partial charge in [0.05, 0.1) is 4.91 Å². The van der Waals surface area contributed by atoms with E-state index in [1.54, 1.807) is 30.6 Å². The lowest BCUT2D eigenvalue weighted by molar-refractivity contribution is -0.115. The Kier molecular flexibility index (Phi) is 3.62. The lowest BCUT2D eigenvalue weighted by Gasteiger charge is -2.01. The minimum atomic E-state index is -0.578. The molecule has 1 amide bonds. The largest absolute Gasteiger partial charge is 0.456 e. The number of carbonyl (C=O) groups excluding carboxylic acids is 1. The van der Waals surface area contributed by atoms with E-state index in [9.17, 15) is 9.18 Å². The maximum absolute atomic E-state index is 13.4. The fraction of sp³-hybridized carbons (Fsp3) is 0. The quantitative estimate of drug-likeness (QED) is 0.430. The van der Waals surface area contributed by atoms with Crippen LogP contribution in [0.1, 0.15) is 5.76 Å². The van der Waals surface area contributed by atoms with Gasteiger partial charge in [-0.1, -0.05) is 24.0 Å². The maximum Gasteiger partial charge on any atom is 0.263 e. The number of nitrogens with zero attached hydrogens (tertiary/aromatic N) is 2. The molecule has 0 aliphatic carbocycles. The van der Waals surface area contributed by atoms with Crippen LogP contribution in [-0.4, -0.2) is 20.2 Å². The summed E-state index contributed by atoms with van der Waals surface area (Å²) in [6.07, 6.45) is 6.25. The van der Waals surface area contributed by atoms with E-state index in [1.807, 2.05) is 0 Å². The molecule has 0 saturated carbocycles. The van der Waals surface area contributed by atoms with Crippen molar-refractivity contribution in [3.05, 3.63) is 53.4 Å². The Hall–Kier alpha value is -2.58. The Morgan fingerprint density at radius 1 is 1.33 bits per heavy atom. The molecule has 3 aromatic heterocycles. The second-order valence-electron chi connectivity index (χ2n) is 4.97. The van der Waals surface area contributed by atoms with Gasteiger partial charge in [-0.05, 0) is 17.7 Å². The molecule has 0 atom stereocenters. The molecular formula is C16H8FN3O2S2. The summed E-state index contributed by atoms with van der Waals surface area (Å²) in [4.78, 5) is 19.9. The molecule has 5 nitrogen and oxygen atoms in total. The summed E-state index contributed by atoms with van der Waals surface area (Å²) >= 11 is 6.14. The van der Waals surface area contributed by atoms with Crippen LogP contribution in [0.25, 0.3) is 28.2 Å². The summed E-state index contributed by atoms with van der Waals surface area (Å²) in [5.74, 6) is -0.331. The molecule has 118 valence electrons. The van der Waals surface area contributed by atoms with Gasteiger partial charge in [0.15, 0.2) is 0 Å². The molecule has 0 radical (unpaired) electrons. The zero-order chi connectivity index (χ0) is 16.7. The van der Waals surface area contributed by atoms with E-state index in [1.165, 1.54) is 24.0 Å². The molecule has 8 heteroatoms. The Morgan fingerprint density at radius 2 is 2.21 bits per heavy atom. The molecule has 1 aliphatic rings. The van der Waals surface area contributed by atoms with Crippen LogP contribution in [0.15, 0.2) is 46.1 Å². The third-order valence-corrected chi connectivity index (χ3v) is 4.56. The summed E-state index contributed by atoms with van der Waals surface area (Å²) in [5, 5.41) is 3.30. The molecule has 1 fully saturated rings. The van der Waals surface area contributed by atoms with Gasteiger partial charge in [0.25, 0.3) is 5.91 Å². The van der Waals surface area contributed by atoms with Crippen LogP contribution in [0.2, 0.25) is 0 Å². The number of thiocarbonyl (C=S) groups is 1. The number of halogens is 1. The molecule has 1 saturated heterocycles. The predicted octanol–water partition coefficient (Wildman–Crippen LogP) is 3.52. The van der Waals surface area contributed by atoms with Crippen LogP contribution in [0.3, 0.4) is 0 Å². The molecule has 1 aliphatic heterocycles. The summed E-state index contributed by atoms with van der Waals surface area (Å²) in [6.45, 7) is 0. The molecule has 24 heavy (non-hydrogen) atoms. The number of hydrogen-bond acceptors (Lipinski definition) is 6. The number of thioether (sulfide) groups is 1. The van der Waals surface area contributed by atoms with Crippen molar-refractivity contribution in [2.75, 3.05) is 0 Å². The number of hydrogen-bond donors (Lipinski definition) is 1. The Labute approximate surface area is 145 Å². The van der Waals surface area contributed by atoms with Crippen molar-refractivity contribution < 1.29 is 13.6 Å². The molecule has 0 aromatic carbocycles. The molecule has 1 N–H and O–H groups in total. The van der Waals surface area contributed by atoms with Crippen LogP contribution in [0.4, 0.5) is 4.39 Å². The van der Waals surface area contributed by atoms with E-state index in [4.69, 9.17) is 16.6 Å². The highest BCUT2D eigenvalue weighted by molar-refractivity contribution is 8.26. The number of furan rings is 1. The highest BCUT2D eigenvalue weighted by Gasteiger charge is 2.22. The average molecular weight is 357 g/mol. The van der Waals surface area contributed by atoms with E-state index < -0.39 is 5.95 Å². The van der Waals surface area contributed by atoms with Gasteiger partial charge >= 0.3 is 0 Å². The zero-order valence-electron chi connectivity index (χ0n) is 11.9. The fourth-order valence-corrected chi connectivity index (χ4v) is 3.40. The first kappa shape index (κ1) is 15.0. The Morgan fingerprint density at radius 3 is 2.96 bits per heavy atom. The lowest BCUT2D eigenvalue weighted by atomic mass is 10.1. The lowest BCUT2D eigenvalue weighted by Crippen LogP contribution is -2.17. The normalized spacial score (nSPS) is 16.1. The topological polar surface area (TPSA) is 68.0 Å². The highest BCUT2D eigenvalue weighted by atomic mass is 32.2. The summed E-state index contributed by atoms with van der Waals surface area (Å²) in [7, 11) is 0. The Balaban J connectivity index is 1.82. The molecule has 4 rings (SSSR count). The molecule has 0 bridgehead atoms. The second kappa shape index (κ2) is 5.81. The Bertz CT molecular complexity index is 1030. The van der Waals surface area contributed by atoms with E-state index in [0.717, 1.165) is 5.39 Å². The monoisotopic (exact) mass is 357 g/mol. The van der Waals surface area contributed by atoms with Crippen molar-refractivity contribution in [3.63, 3.8) is 0 Å². The standard InChI is InChI=1S/C16H8FN3O2S2/c17-13-4-8(1-2-19-13)11-7-18-6-9-3-10(22-14(9)11)5-12-15(21)20-16(23)24-12/h1-7H,(H,20,21,23). The number of fused-ring (bicyclic) bond motifs is 1. The zero-order valence-corrected chi connectivity index (χ0v) is 13.6. The van der Waals surface area contributed by atoms with Crippen LogP contribution in [-0.2, 0) is 4.79 Å². The summed E-state index contributed by atoms with van der Waals surface area (Å²) < 4.78 is 19.6. The molecule has 3 aromatic rings. The van der Waals surface area contributed by atoms with Crippen molar-refractivity contribution >= 4 is 51.3 Å². The minimum absolute atomic E-state index is 0.250. The predicted molar refractivity (Wildman–Crippen MR) is 93.5 cm³/mol.